The molecular weight excluding hydrogens is 206 g/mol. The number of nitriles is 1. The number of piperidine rings is 1. The normalized spacial score (nSPS) is 36.9. The number of nitrogens with zero attached hydrogens (tertiary/aromatic N) is 2. The molecule has 0 spiro atoms. The quantitative estimate of drug-likeness (QED) is 0.719. The number of hydrogen-bond acceptors (Lipinski definition) is 4. The molecule has 2 unspecified atom stereocenters. The van der Waals surface area contributed by atoms with E-state index >= 15 is 0 Å². The number of nitrogens with two attached hydrogens (primary N) is 1. The maximum Gasteiger partial charge on any atom is 0.410 e. The standard InChI is InChI=1S/C11H17N3O2/c1-2-16-10(15)14-8-3-4-9(14)6-11(13,5-8)7-12/h8-9H,2-6,13H2,1H3. The molecule has 2 saturated heterocycles. The van der Waals surface area contributed by atoms with E-state index in [2.05, 4.69) is 6.07 Å². The van der Waals surface area contributed by atoms with Gasteiger partial charge in [-0.15, -0.1) is 0 Å². The average molecular weight is 223 g/mol. The molecule has 2 aliphatic heterocycles. The Labute approximate surface area is 95.1 Å². The number of rotatable bonds is 1. The second-order valence-corrected chi connectivity index (χ2v) is 4.67. The molecule has 1 amide bonds. The minimum atomic E-state index is -0.755. The summed E-state index contributed by atoms with van der Waals surface area (Å²) < 4.78 is 5.03. The number of carbonyl (C=O) groups excluding carboxylic acids is 1. The van der Waals surface area contributed by atoms with Gasteiger partial charge in [0.1, 0.15) is 5.54 Å². The lowest BCUT2D eigenvalue weighted by molar-refractivity contribution is 0.0623. The molecule has 16 heavy (non-hydrogen) atoms. The van der Waals surface area contributed by atoms with Crippen LogP contribution in [0.1, 0.15) is 32.6 Å². The maximum atomic E-state index is 11.7. The van der Waals surface area contributed by atoms with Crippen LogP contribution in [0.5, 0.6) is 0 Å². The van der Waals surface area contributed by atoms with Crippen molar-refractivity contribution in [2.75, 3.05) is 6.61 Å². The summed E-state index contributed by atoms with van der Waals surface area (Å²) in [7, 11) is 0. The smallest absolute Gasteiger partial charge is 0.410 e. The molecule has 0 saturated carbocycles. The summed E-state index contributed by atoms with van der Waals surface area (Å²) in [5.41, 5.74) is 5.22. The Kier molecular flexibility index (Phi) is 2.76. The lowest BCUT2D eigenvalue weighted by Gasteiger charge is -2.40. The first-order valence-corrected chi connectivity index (χ1v) is 5.75. The summed E-state index contributed by atoms with van der Waals surface area (Å²) in [6.45, 7) is 2.19. The van der Waals surface area contributed by atoms with E-state index in [0.717, 1.165) is 12.8 Å². The van der Waals surface area contributed by atoms with Crippen molar-refractivity contribution >= 4 is 6.09 Å². The van der Waals surface area contributed by atoms with Crippen molar-refractivity contribution in [2.45, 2.75) is 50.2 Å². The third kappa shape index (κ3) is 1.74. The molecule has 5 nitrogen and oxygen atoms in total. The summed E-state index contributed by atoms with van der Waals surface area (Å²) in [5.74, 6) is 0. The third-order valence-corrected chi connectivity index (χ3v) is 3.52. The van der Waals surface area contributed by atoms with Crippen molar-refractivity contribution in [3.05, 3.63) is 0 Å². The fraction of sp³-hybridized carbons (Fsp3) is 0.818. The van der Waals surface area contributed by atoms with Crippen molar-refractivity contribution < 1.29 is 9.53 Å². The van der Waals surface area contributed by atoms with Crippen LogP contribution in [0.3, 0.4) is 0 Å². The van der Waals surface area contributed by atoms with Crippen molar-refractivity contribution in [1.29, 1.82) is 5.26 Å². The second kappa shape index (κ2) is 3.95. The highest BCUT2D eigenvalue weighted by Crippen LogP contribution is 2.39. The van der Waals surface area contributed by atoms with Crippen LogP contribution in [0.2, 0.25) is 0 Å². The largest absolute Gasteiger partial charge is 0.450 e. The van der Waals surface area contributed by atoms with E-state index in [4.69, 9.17) is 15.7 Å². The zero-order valence-corrected chi connectivity index (χ0v) is 9.48. The number of hydrogen-bond donors (Lipinski definition) is 1. The van der Waals surface area contributed by atoms with Crippen LogP contribution in [-0.4, -0.2) is 35.2 Å². The Hall–Kier alpha value is -1.28. The lowest BCUT2D eigenvalue weighted by Crippen LogP contribution is -2.56. The molecule has 5 heteroatoms. The highest BCUT2D eigenvalue weighted by molar-refractivity contribution is 5.69. The Balaban J connectivity index is 2.11. The molecule has 2 N–H and O–H groups in total. The summed E-state index contributed by atoms with van der Waals surface area (Å²) in [4.78, 5) is 13.5. The minimum absolute atomic E-state index is 0.0856. The second-order valence-electron chi connectivity index (χ2n) is 4.67. The molecule has 2 fully saturated rings. The SMILES string of the molecule is CCOC(=O)N1C2CCC1CC(N)(C#N)C2. The van der Waals surface area contributed by atoms with E-state index in [-0.39, 0.29) is 18.2 Å². The van der Waals surface area contributed by atoms with E-state index in [1.54, 1.807) is 11.8 Å². The molecule has 2 heterocycles. The van der Waals surface area contributed by atoms with Gasteiger partial charge in [-0.25, -0.2) is 4.79 Å². The van der Waals surface area contributed by atoms with Gasteiger partial charge in [0.2, 0.25) is 0 Å². The van der Waals surface area contributed by atoms with Crippen LogP contribution in [0.4, 0.5) is 4.79 Å². The molecule has 2 rings (SSSR count). The van der Waals surface area contributed by atoms with Gasteiger partial charge in [-0.05, 0) is 32.6 Å². The van der Waals surface area contributed by atoms with E-state index in [1.165, 1.54) is 0 Å². The Morgan fingerprint density at radius 3 is 2.56 bits per heavy atom. The summed E-state index contributed by atoms with van der Waals surface area (Å²) >= 11 is 0. The van der Waals surface area contributed by atoms with E-state index < -0.39 is 5.54 Å². The van der Waals surface area contributed by atoms with Gasteiger partial charge in [-0.3, -0.25) is 0 Å². The molecule has 2 aliphatic rings. The van der Waals surface area contributed by atoms with E-state index in [9.17, 15) is 4.79 Å². The van der Waals surface area contributed by atoms with Crippen LogP contribution >= 0.6 is 0 Å². The number of amides is 1. The molecule has 0 radical (unpaired) electrons. The Morgan fingerprint density at radius 2 is 2.12 bits per heavy atom. The Morgan fingerprint density at radius 1 is 1.56 bits per heavy atom. The molecule has 0 aromatic heterocycles. The maximum absolute atomic E-state index is 11.7. The van der Waals surface area contributed by atoms with E-state index in [0.29, 0.717) is 19.4 Å². The predicted octanol–water partition coefficient (Wildman–Crippen LogP) is 0.991. The first-order valence-electron chi connectivity index (χ1n) is 5.75. The summed E-state index contributed by atoms with van der Waals surface area (Å²) in [6.07, 6.45) is 2.75. The van der Waals surface area contributed by atoms with Gasteiger partial charge in [0.05, 0.1) is 12.7 Å². The van der Waals surface area contributed by atoms with Gasteiger partial charge in [0.15, 0.2) is 0 Å². The lowest BCUT2D eigenvalue weighted by atomic mass is 9.85. The average Bonchev–Trinajstić information content (AvgIpc) is 2.53. The molecule has 0 aromatic carbocycles. The number of ether oxygens (including phenoxy) is 1. The first-order chi connectivity index (χ1) is 7.59. The van der Waals surface area contributed by atoms with Crippen molar-refractivity contribution in [3.63, 3.8) is 0 Å². The van der Waals surface area contributed by atoms with Crippen molar-refractivity contribution in [1.82, 2.24) is 4.90 Å². The first kappa shape index (κ1) is 11.2. The fourth-order valence-corrected chi connectivity index (χ4v) is 2.87. The van der Waals surface area contributed by atoms with Gasteiger partial charge in [-0.2, -0.15) is 5.26 Å². The van der Waals surface area contributed by atoms with Crippen LogP contribution in [0.25, 0.3) is 0 Å². The van der Waals surface area contributed by atoms with Crippen LogP contribution in [0, 0.1) is 11.3 Å². The predicted molar refractivity (Wildman–Crippen MR) is 57.4 cm³/mol. The molecular formula is C11H17N3O2. The summed E-state index contributed by atoms with van der Waals surface area (Å²) in [6, 6.07) is 2.34. The van der Waals surface area contributed by atoms with Gasteiger partial charge < -0.3 is 15.4 Å². The molecule has 0 aromatic rings. The van der Waals surface area contributed by atoms with Gasteiger partial charge in [0.25, 0.3) is 0 Å². The highest BCUT2D eigenvalue weighted by atomic mass is 16.6. The zero-order chi connectivity index (χ0) is 11.8. The molecule has 2 bridgehead atoms. The van der Waals surface area contributed by atoms with Crippen LogP contribution < -0.4 is 5.73 Å². The van der Waals surface area contributed by atoms with Gasteiger partial charge >= 0.3 is 6.09 Å². The zero-order valence-electron chi connectivity index (χ0n) is 9.48. The van der Waals surface area contributed by atoms with Gasteiger partial charge in [-0.1, -0.05) is 0 Å². The topological polar surface area (TPSA) is 79.3 Å². The number of carbonyl (C=O) groups is 1. The van der Waals surface area contributed by atoms with Crippen LogP contribution in [-0.2, 0) is 4.74 Å². The third-order valence-electron chi connectivity index (χ3n) is 3.52. The molecule has 2 atom stereocenters. The monoisotopic (exact) mass is 223 g/mol. The van der Waals surface area contributed by atoms with Crippen LogP contribution in [0.15, 0.2) is 0 Å². The van der Waals surface area contributed by atoms with Gasteiger partial charge in [0, 0.05) is 12.1 Å². The highest BCUT2D eigenvalue weighted by Gasteiger charge is 2.49. The minimum Gasteiger partial charge on any atom is -0.450 e. The molecule has 88 valence electrons. The van der Waals surface area contributed by atoms with E-state index in [1.807, 2.05) is 0 Å². The summed E-state index contributed by atoms with van der Waals surface area (Å²) in [5, 5.41) is 9.03. The van der Waals surface area contributed by atoms with Crippen molar-refractivity contribution in [2.24, 2.45) is 5.73 Å². The Bertz CT molecular complexity index is 323. The molecule has 0 aliphatic carbocycles. The number of fused-ring (bicyclic) bond motifs is 2. The van der Waals surface area contributed by atoms with Crippen molar-refractivity contribution in [3.8, 4) is 6.07 Å². The fourth-order valence-electron chi connectivity index (χ4n) is 2.87.